The van der Waals surface area contributed by atoms with Crippen LogP contribution in [0.1, 0.15) is 43.0 Å². The Kier molecular flexibility index (Phi) is 5.67. The Morgan fingerprint density at radius 3 is 2.14 bits per heavy atom. The largest absolute Gasteiger partial charge is 0.462 e. The summed E-state index contributed by atoms with van der Waals surface area (Å²) in [5.41, 5.74) is 0.962. The molecule has 2 aliphatic carbocycles. The van der Waals surface area contributed by atoms with Gasteiger partial charge in [-0.15, -0.1) is 0 Å². The lowest BCUT2D eigenvalue weighted by molar-refractivity contribution is -0.123. The second-order valence-electron chi connectivity index (χ2n) is 7.91. The van der Waals surface area contributed by atoms with Crippen LogP contribution >= 0.6 is 31.9 Å². The molecule has 1 aromatic carbocycles. The zero-order chi connectivity index (χ0) is 20.0. The third-order valence-electron chi connectivity index (χ3n) is 6.33. The van der Waals surface area contributed by atoms with Gasteiger partial charge in [-0.1, -0.05) is 51.6 Å². The number of unbranched alkanes of at least 4 members (excludes halogenated alkanes) is 2. The number of fused-ring (bicyclic) bond motifs is 5. The molecule has 1 heterocycles. The molecule has 2 amide bonds. The van der Waals surface area contributed by atoms with Crippen LogP contribution in [0.4, 0.5) is 5.69 Å². The molecule has 0 radical (unpaired) electrons. The van der Waals surface area contributed by atoms with Crippen LogP contribution in [0, 0.1) is 23.7 Å². The van der Waals surface area contributed by atoms with Crippen LogP contribution in [0.15, 0.2) is 24.3 Å². The van der Waals surface area contributed by atoms with E-state index in [1.165, 1.54) is 4.90 Å². The van der Waals surface area contributed by atoms with E-state index in [4.69, 9.17) is 4.74 Å². The summed E-state index contributed by atoms with van der Waals surface area (Å²) in [5, 5.41) is 0. The first-order chi connectivity index (χ1) is 13.5. The van der Waals surface area contributed by atoms with Crippen molar-refractivity contribution in [2.24, 2.45) is 23.7 Å². The van der Waals surface area contributed by atoms with Crippen molar-refractivity contribution in [1.29, 1.82) is 0 Å². The molecule has 1 saturated heterocycles. The highest BCUT2D eigenvalue weighted by Crippen LogP contribution is 2.60. The van der Waals surface area contributed by atoms with E-state index in [0.717, 1.165) is 25.7 Å². The lowest BCUT2D eigenvalue weighted by atomic mass is 9.81. The maximum absolute atomic E-state index is 13.0. The number of carbonyl (C=O) groups excluding carboxylic acids is 3. The molecule has 0 aromatic heterocycles. The smallest absolute Gasteiger partial charge is 0.338 e. The summed E-state index contributed by atoms with van der Waals surface area (Å²) in [6, 6.07) is 6.58. The third-order valence-corrected chi connectivity index (χ3v) is 9.54. The standard InChI is InChI=1S/C21H23Br2NO4/c1-2-3-4-9-28-21(27)11-5-7-12(8-6-11)24-19(25)15-13-10-14(16(15)20(24)26)18(23)17(13)22/h5-8,13-18H,2-4,9-10H2,1H3/t13-,14-,15-,16+,17-,18+/m0/s1. The van der Waals surface area contributed by atoms with E-state index in [0.29, 0.717) is 17.9 Å². The summed E-state index contributed by atoms with van der Waals surface area (Å²) in [7, 11) is 0. The molecule has 3 aliphatic rings. The van der Waals surface area contributed by atoms with E-state index in [-0.39, 0.29) is 51.1 Å². The molecular formula is C21H23Br2NO4. The number of anilines is 1. The van der Waals surface area contributed by atoms with Gasteiger partial charge in [-0.2, -0.15) is 0 Å². The summed E-state index contributed by atoms with van der Waals surface area (Å²) in [6.45, 7) is 2.50. The molecule has 4 rings (SSSR count). The number of amides is 2. The van der Waals surface area contributed by atoms with Gasteiger partial charge in [0, 0.05) is 9.65 Å². The number of alkyl halides is 2. The molecular weight excluding hydrogens is 490 g/mol. The van der Waals surface area contributed by atoms with E-state index >= 15 is 0 Å². The first kappa shape index (κ1) is 20.1. The van der Waals surface area contributed by atoms with Crippen molar-refractivity contribution >= 4 is 55.3 Å². The van der Waals surface area contributed by atoms with Crippen molar-refractivity contribution in [2.45, 2.75) is 42.3 Å². The first-order valence-corrected chi connectivity index (χ1v) is 11.7. The van der Waals surface area contributed by atoms with Crippen LogP contribution in [0.2, 0.25) is 0 Å². The molecule has 0 unspecified atom stereocenters. The molecule has 1 aromatic rings. The Hall–Kier alpha value is -1.21. The van der Waals surface area contributed by atoms with Gasteiger partial charge in [0.2, 0.25) is 11.8 Å². The number of halogens is 2. The summed E-state index contributed by atoms with van der Waals surface area (Å²) in [4.78, 5) is 40.0. The fourth-order valence-corrected chi connectivity index (χ4v) is 6.82. The minimum atomic E-state index is -0.374. The summed E-state index contributed by atoms with van der Waals surface area (Å²) in [5.74, 6) is -0.683. The fraction of sp³-hybridized carbons (Fsp3) is 0.571. The van der Waals surface area contributed by atoms with Gasteiger partial charge in [-0.05, 0) is 48.9 Å². The van der Waals surface area contributed by atoms with Crippen molar-refractivity contribution in [3.05, 3.63) is 29.8 Å². The molecule has 7 heteroatoms. The summed E-state index contributed by atoms with van der Waals surface area (Å²) >= 11 is 7.39. The zero-order valence-corrected chi connectivity index (χ0v) is 18.8. The Morgan fingerprint density at radius 1 is 1.04 bits per heavy atom. The normalized spacial score (nSPS) is 33.5. The van der Waals surface area contributed by atoms with E-state index in [1.807, 2.05) is 0 Å². The number of esters is 1. The highest BCUT2D eigenvalue weighted by Gasteiger charge is 2.66. The van der Waals surface area contributed by atoms with Crippen molar-refractivity contribution in [3.63, 3.8) is 0 Å². The fourth-order valence-electron chi connectivity index (χ4n) is 4.95. The van der Waals surface area contributed by atoms with Crippen molar-refractivity contribution in [2.75, 3.05) is 11.5 Å². The minimum Gasteiger partial charge on any atom is -0.462 e. The number of rotatable bonds is 6. The third kappa shape index (κ3) is 3.15. The van der Waals surface area contributed by atoms with Gasteiger partial charge in [0.25, 0.3) is 0 Å². The van der Waals surface area contributed by atoms with Gasteiger partial charge in [0.05, 0.1) is 29.7 Å². The topological polar surface area (TPSA) is 63.7 Å². The van der Waals surface area contributed by atoms with Gasteiger partial charge in [0.15, 0.2) is 0 Å². The molecule has 3 fully saturated rings. The molecule has 0 spiro atoms. The quantitative estimate of drug-likeness (QED) is 0.246. The van der Waals surface area contributed by atoms with Gasteiger partial charge >= 0.3 is 5.97 Å². The second-order valence-corrected chi connectivity index (χ2v) is 10.0. The molecule has 5 nitrogen and oxygen atoms in total. The van der Waals surface area contributed by atoms with Crippen LogP contribution < -0.4 is 4.90 Å². The summed E-state index contributed by atoms with van der Waals surface area (Å²) < 4.78 is 5.26. The highest BCUT2D eigenvalue weighted by molar-refractivity contribution is 9.12. The number of nitrogens with zero attached hydrogens (tertiary/aromatic N) is 1. The summed E-state index contributed by atoms with van der Waals surface area (Å²) in [6.07, 6.45) is 3.86. The van der Waals surface area contributed by atoms with Crippen molar-refractivity contribution in [3.8, 4) is 0 Å². The number of carbonyl (C=O) groups is 3. The molecule has 6 atom stereocenters. The number of ether oxygens (including phenoxy) is 1. The monoisotopic (exact) mass is 511 g/mol. The van der Waals surface area contributed by atoms with Crippen LogP contribution in [-0.2, 0) is 14.3 Å². The van der Waals surface area contributed by atoms with Gasteiger partial charge in [0.1, 0.15) is 0 Å². The maximum atomic E-state index is 13.0. The van der Waals surface area contributed by atoms with E-state index in [2.05, 4.69) is 38.8 Å². The average molecular weight is 513 g/mol. The van der Waals surface area contributed by atoms with Gasteiger partial charge < -0.3 is 4.74 Å². The van der Waals surface area contributed by atoms with E-state index in [1.54, 1.807) is 24.3 Å². The van der Waals surface area contributed by atoms with Crippen molar-refractivity contribution in [1.82, 2.24) is 0 Å². The first-order valence-electron chi connectivity index (χ1n) is 9.88. The SMILES string of the molecule is CCCCCOC(=O)c1ccc(N2C(=O)[C@@H]3[C@@H]4C[C@H]([C@H](Br)[C@@H]4Br)[C@@H]3C2=O)cc1. The van der Waals surface area contributed by atoms with Gasteiger partial charge in [-0.3, -0.25) is 14.5 Å². The van der Waals surface area contributed by atoms with Crippen LogP contribution in [0.3, 0.4) is 0 Å². The molecule has 2 saturated carbocycles. The highest BCUT2D eigenvalue weighted by atomic mass is 79.9. The van der Waals surface area contributed by atoms with Crippen LogP contribution in [-0.4, -0.2) is 34.0 Å². The lowest BCUT2D eigenvalue weighted by Crippen LogP contribution is -2.37. The average Bonchev–Trinajstić information content (AvgIpc) is 3.30. The zero-order valence-electron chi connectivity index (χ0n) is 15.6. The Morgan fingerprint density at radius 2 is 1.61 bits per heavy atom. The Balaban J connectivity index is 1.47. The van der Waals surface area contributed by atoms with Crippen molar-refractivity contribution < 1.29 is 19.1 Å². The molecule has 150 valence electrons. The maximum Gasteiger partial charge on any atom is 0.338 e. The predicted molar refractivity (Wildman–Crippen MR) is 113 cm³/mol. The molecule has 2 bridgehead atoms. The predicted octanol–water partition coefficient (Wildman–Crippen LogP) is 4.32. The second kappa shape index (κ2) is 7.90. The Labute approximate surface area is 181 Å². The number of hydrogen-bond donors (Lipinski definition) is 0. The number of hydrogen-bond acceptors (Lipinski definition) is 4. The Bertz CT molecular complexity index is 764. The van der Waals surface area contributed by atoms with Crippen LogP contribution in [0.25, 0.3) is 0 Å². The number of benzene rings is 1. The molecule has 28 heavy (non-hydrogen) atoms. The number of imide groups is 1. The lowest BCUT2D eigenvalue weighted by Gasteiger charge is -2.28. The van der Waals surface area contributed by atoms with Crippen LogP contribution in [0.5, 0.6) is 0 Å². The van der Waals surface area contributed by atoms with Gasteiger partial charge in [-0.25, -0.2) is 4.79 Å². The van der Waals surface area contributed by atoms with E-state index in [9.17, 15) is 14.4 Å². The molecule has 1 aliphatic heterocycles. The minimum absolute atomic E-state index is 0.110. The molecule has 0 N–H and O–H groups in total. The van der Waals surface area contributed by atoms with E-state index < -0.39 is 0 Å².